The van der Waals surface area contributed by atoms with Crippen LogP contribution in [-0.2, 0) is 4.79 Å². The van der Waals surface area contributed by atoms with Crippen LogP contribution in [0.3, 0.4) is 0 Å². The van der Waals surface area contributed by atoms with Gasteiger partial charge in [0.05, 0.1) is 11.4 Å². The van der Waals surface area contributed by atoms with Crippen molar-refractivity contribution in [1.29, 1.82) is 5.53 Å². The van der Waals surface area contributed by atoms with E-state index >= 15 is 0 Å². The summed E-state index contributed by atoms with van der Waals surface area (Å²) in [5.41, 5.74) is 14.2. The number of amides is 1. The number of hydrazone groups is 1. The van der Waals surface area contributed by atoms with Crippen molar-refractivity contribution in [2.75, 3.05) is 17.7 Å². The number of rotatable bonds is 6. The molecule has 0 saturated carbocycles. The van der Waals surface area contributed by atoms with Crippen molar-refractivity contribution < 1.29 is 9.21 Å². The number of anilines is 2. The van der Waals surface area contributed by atoms with E-state index in [1.807, 2.05) is 54.6 Å². The van der Waals surface area contributed by atoms with Crippen LogP contribution in [0.2, 0.25) is 0 Å². The topological polar surface area (TPSA) is 153 Å². The molecule has 1 atom stereocenters. The maximum absolute atomic E-state index is 13.0. The van der Waals surface area contributed by atoms with Gasteiger partial charge in [0.1, 0.15) is 0 Å². The third kappa shape index (κ3) is 4.57. The molecule has 11 heteroatoms. The van der Waals surface area contributed by atoms with Crippen LogP contribution in [0.1, 0.15) is 16.7 Å². The minimum Gasteiger partial charge on any atom is -0.403 e. The summed E-state index contributed by atoms with van der Waals surface area (Å²) in [5.74, 6) is 0.140. The lowest BCUT2D eigenvalue weighted by atomic mass is 10.0. The third-order valence-corrected chi connectivity index (χ3v) is 5.39. The van der Waals surface area contributed by atoms with Crippen LogP contribution in [0, 0.1) is 5.53 Å². The first kappa shape index (κ1) is 22.6. The zero-order valence-electron chi connectivity index (χ0n) is 19.1. The van der Waals surface area contributed by atoms with E-state index in [0.29, 0.717) is 22.5 Å². The molecule has 1 aliphatic rings. The minimum atomic E-state index is -0.998. The first-order chi connectivity index (χ1) is 17.7. The smallest absolute Gasteiger partial charge is 0.317 e. The Morgan fingerprint density at radius 3 is 2.47 bits per heavy atom. The van der Waals surface area contributed by atoms with E-state index < -0.39 is 6.17 Å². The van der Waals surface area contributed by atoms with Gasteiger partial charge in [-0.25, -0.2) is 10.5 Å². The van der Waals surface area contributed by atoms with Crippen molar-refractivity contribution in [2.45, 2.75) is 6.17 Å². The first-order valence-electron chi connectivity index (χ1n) is 11.0. The predicted molar refractivity (Wildman–Crippen MR) is 135 cm³/mol. The number of carbonyl (C=O) groups is 1. The van der Waals surface area contributed by atoms with Crippen molar-refractivity contribution >= 4 is 29.2 Å². The summed E-state index contributed by atoms with van der Waals surface area (Å²) in [6.45, 7) is 0. The highest BCUT2D eigenvalue weighted by Crippen LogP contribution is 2.26. The van der Waals surface area contributed by atoms with Crippen LogP contribution in [0.25, 0.3) is 11.5 Å². The van der Waals surface area contributed by atoms with Gasteiger partial charge in [0.15, 0.2) is 5.84 Å². The fourth-order valence-corrected chi connectivity index (χ4v) is 3.72. The van der Waals surface area contributed by atoms with Gasteiger partial charge >= 0.3 is 6.01 Å². The number of aromatic nitrogens is 2. The van der Waals surface area contributed by atoms with Gasteiger partial charge in [-0.1, -0.05) is 65.8 Å². The molecule has 36 heavy (non-hydrogen) atoms. The predicted octanol–water partition coefficient (Wildman–Crippen LogP) is 3.88. The monoisotopic (exact) mass is 479 g/mol. The van der Waals surface area contributed by atoms with Crippen LogP contribution in [-0.4, -0.2) is 40.9 Å². The normalized spacial score (nSPS) is 15.2. The van der Waals surface area contributed by atoms with Crippen LogP contribution in [0.4, 0.5) is 11.7 Å². The molecule has 0 spiro atoms. The van der Waals surface area contributed by atoms with Gasteiger partial charge in [0.25, 0.3) is 5.91 Å². The molecule has 5 rings (SSSR count). The van der Waals surface area contributed by atoms with Crippen molar-refractivity contribution in [3.05, 3.63) is 95.6 Å². The summed E-state index contributed by atoms with van der Waals surface area (Å²) < 4.78 is 5.77. The van der Waals surface area contributed by atoms with E-state index in [-0.39, 0.29) is 23.6 Å². The molecule has 1 unspecified atom stereocenters. The Bertz CT molecular complexity index is 1460. The summed E-state index contributed by atoms with van der Waals surface area (Å²) in [5, 5.41) is 21.3. The number of fused-ring (bicyclic) bond motifs is 1. The number of aliphatic imine (C=N–C) groups is 1. The van der Waals surface area contributed by atoms with Crippen molar-refractivity contribution in [2.24, 2.45) is 15.2 Å². The number of hydrogen-bond donors (Lipinski definition) is 4. The number of amidine groups is 1. The van der Waals surface area contributed by atoms with Gasteiger partial charge in [-0.15, -0.1) is 10.2 Å². The average Bonchev–Trinajstić information content (AvgIpc) is 3.34. The molecule has 2 heterocycles. The quantitative estimate of drug-likeness (QED) is 0.142. The number of carbonyl (C=O) groups excluding carboxylic acids is 1. The molecular formula is C25H21N9O2. The number of benzodiazepines with no additional fused rings is 1. The standard InChI is InChI=1S/C25H21N9O2/c1-27-32-21(31-26)16-11-13-17(14-12-16)24-33-34-25(36-24)30-22-23(35)28-19-10-6-5-9-18(19)20(29-22)15-7-3-2-4-8-15/h2-14,22,26-27H,1H3,(H,28,35)(H,30,34)/b31-26?,32-21-. The average molecular weight is 480 g/mol. The van der Waals surface area contributed by atoms with Gasteiger partial charge in [0.2, 0.25) is 12.1 Å². The van der Waals surface area contributed by atoms with E-state index in [4.69, 9.17) is 14.9 Å². The van der Waals surface area contributed by atoms with Gasteiger partial charge < -0.3 is 20.5 Å². The second kappa shape index (κ2) is 9.97. The number of nitrogens with zero attached hydrogens (tertiary/aromatic N) is 5. The molecule has 1 aromatic heterocycles. The zero-order chi connectivity index (χ0) is 24.9. The van der Waals surface area contributed by atoms with E-state index in [1.54, 1.807) is 31.3 Å². The summed E-state index contributed by atoms with van der Waals surface area (Å²) in [4.78, 5) is 17.7. The molecule has 0 fully saturated rings. The van der Waals surface area contributed by atoms with E-state index in [0.717, 1.165) is 11.1 Å². The maximum Gasteiger partial charge on any atom is 0.317 e. The second-order valence-corrected chi connectivity index (χ2v) is 7.69. The molecule has 0 aliphatic carbocycles. The fourth-order valence-electron chi connectivity index (χ4n) is 3.72. The lowest BCUT2D eigenvalue weighted by Crippen LogP contribution is -2.32. The number of hydrogen-bond acceptors (Lipinski definition) is 9. The summed E-state index contributed by atoms with van der Waals surface area (Å²) >= 11 is 0. The summed E-state index contributed by atoms with van der Waals surface area (Å²) in [6.07, 6.45) is -0.998. The minimum absolute atomic E-state index is 0.0509. The highest BCUT2D eigenvalue weighted by atomic mass is 16.4. The Morgan fingerprint density at radius 1 is 0.972 bits per heavy atom. The van der Waals surface area contributed by atoms with E-state index in [2.05, 4.69) is 36.5 Å². The van der Waals surface area contributed by atoms with Crippen LogP contribution < -0.4 is 16.1 Å². The molecular weight excluding hydrogens is 458 g/mol. The Hall–Kier alpha value is -5.19. The summed E-state index contributed by atoms with van der Waals surface area (Å²) in [6, 6.07) is 24.2. The van der Waals surface area contributed by atoms with Crippen LogP contribution in [0.5, 0.6) is 0 Å². The van der Waals surface area contributed by atoms with Crippen LogP contribution in [0.15, 0.2) is 98.5 Å². The molecule has 0 saturated heterocycles. The second-order valence-electron chi connectivity index (χ2n) is 7.69. The van der Waals surface area contributed by atoms with Gasteiger partial charge in [0, 0.05) is 29.3 Å². The maximum atomic E-state index is 13.0. The largest absolute Gasteiger partial charge is 0.403 e. The Labute approximate surface area is 205 Å². The van der Waals surface area contributed by atoms with Gasteiger partial charge in [-0.2, -0.15) is 5.10 Å². The van der Waals surface area contributed by atoms with E-state index in [1.165, 1.54) is 0 Å². The highest BCUT2D eigenvalue weighted by Gasteiger charge is 2.27. The van der Waals surface area contributed by atoms with Crippen molar-refractivity contribution in [1.82, 2.24) is 15.6 Å². The Balaban J connectivity index is 1.42. The first-order valence-corrected chi connectivity index (χ1v) is 11.0. The molecule has 4 aromatic rings. The molecule has 178 valence electrons. The highest BCUT2D eigenvalue weighted by molar-refractivity contribution is 6.19. The van der Waals surface area contributed by atoms with Crippen molar-refractivity contribution in [3.8, 4) is 11.5 Å². The molecule has 1 amide bonds. The van der Waals surface area contributed by atoms with Crippen LogP contribution >= 0.6 is 0 Å². The van der Waals surface area contributed by atoms with Crippen molar-refractivity contribution in [3.63, 3.8) is 0 Å². The number of nitrogens with one attached hydrogen (secondary N) is 4. The Kier molecular flexibility index (Phi) is 6.26. The molecule has 3 aromatic carbocycles. The zero-order valence-corrected chi connectivity index (χ0v) is 19.1. The lowest BCUT2D eigenvalue weighted by Gasteiger charge is -2.11. The molecule has 0 bridgehead atoms. The van der Waals surface area contributed by atoms with Gasteiger partial charge in [-0.3, -0.25) is 4.79 Å². The lowest BCUT2D eigenvalue weighted by molar-refractivity contribution is -0.116. The number of benzene rings is 3. The molecule has 11 nitrogen and oxygen atoms in total. The van der Waals surface area contributed by atoms with E-state index in [9.17, 15) is 4.79 Å². The molecule has 1 aliphatic heterocycles. The molecule has 4 N–H and O–H groups in total. The summed E-state index contributed by atoms with van der Waals surface area (Å²) in [7, 11) is 1.63. The fraction of sp³-hybridized carbons (Fsp3) is 0.0800. The number of para-hydroxylation sites is 1. The SMILES string of the molecule is CN/N=C(\N=N)c1ccc(-c2nnc(NC3N=C(c4ccccc4)c4ccccc4NC3=O)o2)cc1. The third-order valence-electron chi connectivity index (χ3n) is 5.39. The van der Waals surface area contributed by atoms with Gasteiger partial charge in [-0.05, 0) is 18.2 Å². The molecule has 0 radical (unpaired) electrons. The Morgan fingerprint density at radius 2 is 1.72 bits per heavy atom.